The van der Waals surface area contributed by atoms with Crippen molar-refractivity contribution in [2.24, 2.45) is 0 Å². The Morgan fingerprint density at radius 2 is 1.35 bits per heavy atom. The number of nitrogens with zero attached hydrogens (tertiary/aromatic N) is 2. The molecule has 0 aliphatic rings. The summed E-state index contributed by atoms with van der Waals surface area (Å²) in [5.41, 5.74) is 4.80. The van der Waals surface area contributed by atoms with Gasteiger partial charge in [-0.25, -0.2) is 9.97 Å². The molecule has 0 spiro atoms. The minimum Gasteiger partial charge on any atom is -0.440 e. The molecule has 2 aromatic heterocycles. The zero-order chi connectivity index (χ0) is 27.0. The summed E-state index contributed by atoms with van der Waals surface area (Å²) in [7, 11) is 0. The summed E-state index contributed by atoms with van der Waals surface area (Å²) in [5, 5.41) is 9.45. The van der Waals surface area contributed by atoms with Gasteiger partial charge in [0.15, 0.2) is 22.9 Å². The van der Waals surface area contributed by atoms with Crippen LogP contribution in [-0.2, 0) is 6.42 Å². The fourth-order valence-corrected chi connectivity index (χ4v) is 6.20. The first-order valence-corrected chi connectivity index (χ1v) is 14.0. The summed E-state index contributed by atoms with van der Waals surface area (Å²) in [6.45, 7) is 6.44. The largest absolute Gasteiger partial charge is 0.440 e. The smallest absolute Gasteiger partial charge is 0.198 e. The Labute approximate surface area is 231 Å². The van der Waals surface area contributed by atoms with Crippen molar-refractivity contribution in [3.63, 3.8) is 0 Å². The van der Waals surface area contributed by atoms with Crippen molar-refractivity contribution in [3.8, 4) is 0 Å². The SMILES string of the molecule is CC(C)c1nc2c(ccc3c(CC(C)c4nc5ccc6ccc7ccccc7c6c5o4)cc4ccccc4c32)o1. The van der Waals surface area contributed by atoms with Gasteiger partial charge in [-0.2, -0.15) is 0 Å². The highest BCUT2D eigenvalue weighted by Crippen LogP contribution is 2.38. The average Bonchev–Trinajstić information content (AvgIpc) is 3.62. The lowest BCUT2D eigenvalue weighted by atomic mass is 9.91. The van der Waals surface area contributed by atoms with Crippen molar-refractivity contribution in [2.45, 2.75) is 39.0 Å². The molecule has 1 atom stereocenters. The molecule has 0 radical (unpaired) electrons. The molecule has 0 aliphatic carbocycles. The molecule has 0 fully saturated rings. The maximum atomic E-state index is 6.58. The predicted molar refractivity (Wildman–Crippen MR) is 164 cm³/mol. The van der Waals surface area contributed by atoms with E-state index >= 15 is 0 Å². The van der Waals surface area contributed by atoms with Gasteiger partial charge in [0, 0.05) is 22.6 Å². The van der Waals surface area contributed by atoms with Gasteiger partial charge in [-0.3, -0.25) is 0 Å². The second kappa shape index (κ2) is 8.65. The van der Waals surface area contributed by atoms with Crippen molar-refractivity contribution in [3.05, 3.63) is 108 Å². The summed E-state index contributed by atoms with van der Waals surface area (Å²) < 4.78 is 12.7. The van der Waals surface area contributed by atoms with E-state index in [-0.39, 0.29) is 11.8 Å². The highest BCUT2D eigenvalue weighted by atomic mass is 16.4. The first-order valence-electron chi connectivity index (χ1n) is 14.0. The molecule has 0 saturated heterocycles. The molecular weight excluding hydrogens is 492 g/mol. The first kappa shape index (κ1) is 23.2. The quantitative estimate of drug-likeness (QED) is 0.217. The van der Waals surface area contributed by atoms with E-state index in [1.807, 2.05) is 0 Å². The van der Waals surface area contributed by atoms with Crippen LogP contribution in [0.2, 0.25) is 0 Å². The number of fused-ring (bicyclic) bond motifs is 10. The van der Waals surface area contributed by atoms with Crippen molar-refractivity contribution < 1.29 is 8.83 Å². The molecule has 6 aromatic carbocycles. The van der Waals surface area contributed by atoms with Crippen LogP contribution in [0.15, 0.2) is 99.8 Å². The van der Waals surface area contributed by atoms with Gasteiger partial charge >= 0.3 is 0 Å². The summed E-state index contributed by atoms with van der Waals surface area (Å²) in [6, 6.07) is 32.2. The molecule has 0 saturated carbocycles. The second-order valence-corrected chi connectivity index (χ2v) is 11.3. The second-order valence-electron chi connectivity index (χ2n) is 11.3. The fourth-order valence-electron chi connectivity index (χ4n) is 6.20. The molecular formula is C36H28N2O2. The van der Waals surface area contributed by atoms with Gasteiger partial charge < -0.3 is 8.83 Å². The Morgan fingerprint density at radius 3 is 2.17 bits per heavy atom. The molecule has 8 aromatic rings. The fraction of sp³-hybridized carbons (Fsp3) is 0.167. The number of oxazole rings is 2. The number of benzene rings is 6. The molecule has 0 bridgehead atoms. The van der Waals surface area contributed by atoms with Gasteiger partial charge in [-0.1, -0.05) is 99.6 Å². The minimum absolute atomic E-state index is 0.0843. The summed E-state index contributed by atoms with van der Waals surface area (Å²) in [5.74, 6) is 1.85. The topological polar surface area (TPSA) is 52.1 Å². The lowest BCUT2D eigenvalue weighted by Crippen LogP contribution is -2.00. The average molecular weight is 521 g/mol. The zero-order valence-corrected chi connectivity index (χ0v) is 22.7. The van der Waals surface area contributed by atoms with Gasteiger partial charge in [0.05, 0.1) is 0 Å². The van der Waals surface area contributed by atoms with Gasteiger partial charge in [0.25, 0.3) is 0 Å². The van der Waals surface area contributed by atoms with Crippen LogP contribution in [0, 0.1) is 0 Å². The Hall–Kier alpha value is -4.70. The van der Waals surface area contributed by atoms with Gasteiger partial charge in [0.1, 0.15) is 11.0 Å². The summed E-state index contributed by atoms with van der Waals surface area (Å²) in [6.07, 6.45) is 0.799. The molecule has 0 aliphatic heterocycles. The van der Waals surface area contributed by atoms with Crippen molar-refractivity contribution in [1.29, 1.82) is 0 Å². The maximum Gasteiger partial charge on any atom is 0.198 e. The normalized spacial score (nSPS) is 13.1. The molecule has 0 amide bonds. The van der Waals surface area contributed by atoms with E-state index in [2.05, 4.69) is 112 Å². The Balaban J connectivity index is 1.29. The van der Waals surface area contributed by atoms with Crippen LogP contribution < -0.4 is 0 Å². The summed E-state index contributed by atoms with van der Waals surface area (Å²) in [4.78, 5) is 9.94. The van der Waals surface area contributed by atoms with Crippen LogP contribution in [-0.4, -0.2) is 9.97 Å². The van der Waals surface area contributed by atoms with E-state index in [9.17, 15) is 0 Å². The third-order valence-electron chi connectivity index (χ3n) is 8.20. The Bertz CT molecular complexity index is 2250. The predicted octanol–water partition coefficient (Wildman–Crippen LogP) is 10.1. The zero-order valence-electron chi connectivity index (χ0n) is 22.7. The van der Waals surface area contributed by atoms with Crippen LogP contribution in [0.5, 0.6) is 0 Å². The van der Waals surface area contributed by atoms with Crippen LogP contribution >= 0.6 is 0 Å². The number of hydrogen-bond acceptors (Lipinski definition) is 4. The molecule has 40 heavy (non-hydrogen) atoms. The van der Waals surface area contributed by atoms with Gasteiger partial charge in [-0.15, -0.1) is 0 Å². The van der Waals surface area contributed by atoms with Gasteiger partial charge in [0.2, 0.25) is 0 Å². The van der Waals surface area contributed by atoms with Crippen LogP contribution in [0.25, 0.3) is 65.3 Å². The van der Waals surface area contributed by atoms with E-state index in [0.29, 0.717) is 0 Å². The number of aromatic nitrogens is 2. The van der Waals surface area contributed by atoms with Crippen molar-refractivity contribution in [1.82, 2.24) is 9.97 Å². The van der Waals surface area contributed by atoms with E-state index in [1.54, 1.807) is 0 Å². The molecule has 2 heterocycles. The molecule has 4 heteroatoms. The van der Waals surface area contributed by atoms with E-state index in [4.69, 9.17) is 18.8 Å². The monoisotopic (exact) mass is 520 g/mol. The lowest BCUT2D eigenvalue weighted by molar-refractivity contribution is 0.486. The highest BCUT2D eigenvalue weighted by Gasteiger charge is 2.21. The first-order chi connectivity index (χ1) is 19.5. The van der Waals surface area contributed by atoms with E-state index in [0.717, 1.165) is 51.2 Å². The standard InChI is InChI=1S/C36H28N2O2/c1-20(2)35-38-33-30(39-35)17-15-28-25(19-24-9-5-7-11-27(24)32(28)33)18-21(3)36-37-29-16-14-23-13-12-22-8-4-6-10-26(22)31(23)34(29)40-36/h4-17,19-21H,18H2,1-3H3. The van der Waals surface area contributed by atoms with E-state index in [1.165, 1.54) is 37.9 Å². The Morgan fingerprint density at radius 1 is 0.625 bits per heavy atom. The number of rotatable bonds is 4. The van der Waals surface area contributed by atoms with Crippen LogP contribution in [0.4, 0.5) is 0 Å². The molecule has 0 N–H and O–H groups in total. The summed E-state index contributed by atoms with van der Waals surface area (Å²) >= 11 is 0. The van der Waals surface area contributed by atoms with Crippen LogP contribution in [0.1, 0.15) is 50.0 Å². The maximum absolute atomic E-state index is 6.58. The van der Waals surface area contributed by atoms with Crippen molar-refractivity contribution >= 4 is 65.3 Å². The highest BCUT2D eigenvalue weighted by molar-refractivity contribution is 6.19. The Kier molecular flexibility index (Phi) is 5.02. The van der Waals surface area contributed by atoms with Crippen LogP contribution in [0.3, 0.4) is 0 Å². The third-order valence-corrected chi connectivity index (χ3v) is 8.20. The van der Waals surface area contributed by atoms with E-state index < -0.39 is 0 Å². The number of hydrogen-bond donors (Lipinski definition) is 0. The lowest BCUT2D eigenvalue weighted by Gasteiger charge is -2.13. The molecule has 1 unspecified atom stereocenters. The molecule has 194 valence electrons. The van der Waals surface area contributed by atoms with Crippen molar-refractivity contribution in [2.75, 3.05) is 0 Å². The molecule has 8 rings (SSSR count). The van der Waals surface area contributed by atoms with Gasteiger partial charge in [-0.05, 0) is 56.4 Å². The third kappa shape index (κ3) is 3.45. The molecule has 4 nitrogen and oxygen atoms in total. The minimum atomic E-state index is 0.0843.